The Bertz CT molecular complexity index is 705. The Labute approximate surface area is 102 Å². The van der Waals surface area contributed by atoms with Crippen LogP contribution in [0.2, 0.25) is 0 Å². The zero-order valence-corrected chi connectivity index (χ0v) is 10.0. The fourth-order valence-electron chi connectivity index (χ4n) is 1.63. The summed E-state index contributed by atoms with van der Waals surface area (Å²) in [6.45, 7) is 3.04. The molecule has 0 aliphatic carbocycles. The molecular weight excluding hydrogens is 236 g/mol. The maximum Gasteiger partial charge on any atom is 0.328 e. The van der Waals surface area contributed by atoms with E-state index in [1.165, 1.54) is 6.92 Å². The monoisotopic (exact) mass is 248 g/mol. The van der Waals surface area contributed by atoms with Gasteiger partial charge < -0.3 is 9.40 Å². The third-order valence-electron chi connectivity index (χ3n) is 2.55. The van der Waals surface area contributed by atoms with Gasteiger partial charge in [-0.15, -0.1) is 0 Å². The van der Waals surface area contributed by atoms with Gasteiger partial charge in [0, 0.05) is 6.20 Å². The molecule has 2 aromatic heterocycles. The van der Waals surface area contributed by atoms with Crippen LogP contribution in [-0.2, 0) is 6.54 Å². The van der Waals surface area contributed by atoms with E-state index in [0.29, 0.717) is 11.5 Å². The second kappa shape index (κ2) is 4.48. The van der Waals surface area contributed by atoms with Gasteiger partial charge in [-0.3, -0.25) is 14.2 Å². The summed E-state index contributed by atoms with van der Waals surface area (Å²) < 4.78 is 6.24. The fourth-order valence-corrected chi connectivity index (χ4v) is 1.63. The Balaban J connectivity index is 2.50. The molecule has 2 heterocycles. The minimum Gasteiger partial charge on any atom is -0.464 e. The number of nitrogens with zero attached hydrogens (tertiary/aromatic N) is 1. The maximum atomic E-state index is 11.9. The SMILES string of the molecule is CC(=O)c1c[nH]c(=O)n(Cc2ccc(C)o2)c1=O. The molecule has 0 saturated heterocycles. The lowest BCUT2D eigenvalue weighted by Crippen LogP contribution is -2.37. The highest BCUT2D eigenvalue weighted by atomic mass is 16.3. The minimum atomic E-state index is -0.611. The minimum absolute atomic E-state index is 0.00310. The van der Waals surface area contributed by atoms with Crippen LogP contribution in [0.25, 0.3) is 0 Å². The summed E-state index contributed by atoms with van der Waals surface area (Å²) in [4.78, 5) is 37.1. The van der Waals surface area contributed by atoms with Crippen molar-refractivity contribution < 1.29 is 9.21 Å². The van der Waals surface area contributed by atoms with Gasteiger partial charge >= 0.3 is 5.69 Å². The average Bonchev–Trinajstić information content (AvgIpc) is 2.69. The second-order valence-corrected chi connectivity index (χ2v) is 3.97. The first kappa shape index (κ1) is 12.1. The van der Waals surface area contributed by atoms with E-state index < -0.39 is 11.2 Å². The van der Waals surface area contributed by atoms with Crippen molar-refractivity contribution in [3.05, 3.63) is 56.3 Å². The summed E-state index contributed by atoms with van der Waals surface area (Å²) in [5.74, 6) is 0.790. The molecule has 0 amide bonds. The lowest BCUT2D eigenvalue weighted by molar-refractivity contribution is 0.101. The van der Waals surface area contributed by atoms with E-state index in [1.807, 2.05) is 0 Å². The number of Topliss-reactive ketones (excluding diaryl/α,β-unsaturated/α-hetero) is 1. The molecule has 0 aliphatic rings. The number of hydrogen-bond donors (Lipinski definition) is 1. The van der Waals surface area contributed by atoms with E-state index in [2.05, 4.69) is 4.98 Å². The molecule has 0 bridgehead atoms. The summed E-state index contributed by atoms with van der Waals surface area (Å²) in [5.41, 5.74) is -1.22. The van der Waals surface area contributed by atoms with Crippen molar-refractivity contribution in [3.8, 4) is 0 Å². The van der Waals surface area contributed by atoms with Gasteiger partial charge in [0.2, 0.25) is 0 Å². The lowest BCUT2D eigenvalue weighted by atomic mass is 10.2. The Morgan fingerprint density at radius 1 is 1.39 bits per heavy atom. The van der Waals surface area contributed by atoms with Crippen LogP contribution in [0, 0.1) is 6.92 Å². The van der Waals surface area contributed by atoms with Crippen LogP contribution in [0.15, 0.2) is 32.3 Å². The van der Waals surface area contributed by atoms with Crippen LogP contribution in [0.1, 0.15) is 28.8 Å². The van der Waals surface area contributed by atoms with Gasteiger partial charge in [-0.25, -0.2) is 4.79 Å². The number of furan rings is 1. The third-order valence-corrected chi connectivity index (χ3v) is 2.55. The van der Waals surface area contributed by atoms with E-state index in [4.69, 9.17) is 4.42 Å². The molecule has 94 valence electrons. The predicted molar refractivity (Wildman–Crippen MR) is 63.9 cm³/mol. The number of carbonyl (C=O) groups excluding carboxylic acids is 1. The first-order chi connectivity index (χ1) is 8.49. The molecule has 1 N–H and O–H groups in total. The van der Waals surface area contributed by atoms with Crippen LogP contribution in [0.4, 0.5) is 0 Å². The molecule has 0 radical (unpaired) electrons. The number of hydrogen-bond acceptors (Lipinski definition) is 4. The summed E-state index contributed by atoms with van der Waals surface area (Å²) in [6, 6.07) is 3.42. The molecule has 0 fully saturated rings. The van der Waals surface area contributed by atoms with Gasteiger partial charge in [0.15, 0.2) is 5.78 Å². The Hall–Kier alpha value is -2.37. The number of ketones is 1. The molecule has 0 spiro atoms. The molecule has 6 heteroatoms. The number of aromatic nitrogens is 2. The Kier molecular flexibility index (Phi) is 3.01. The van der Waals surface area contributed by atoms with Crippen LogP contribution < -0.4 is 11.2 Å². The first-order valence-electron chi connectivity index (χ1n) is 5.38. The quantitative estimate of drug-likeness (QED) is 0.810. The standard InChI is InChI=1S/C12H12N2O4/c1-7-3-4-9(18-7)6-14-11(16)10(8(2)15)5-13-12(14)17/h3-5H,6H2,1-2H3,(H,13,17). The predicted octanol–water partition coefficient (Wildman–Crippen LogP) is 0.689. The van der Waals surface area contributed by atoms with Gasteiger partial charge in [-0.2, -0.15) is 0 Å². The van der Waals surface area contributed by atoms with E-state index in [9.17, 15) is 14.4 Å². The Morgan fingerprint density at radius 2 is 2.11 bits per heavy atom. The zero-order valence-electron chi connectivity index (χ0n) is 10.0. The van der Waals surface area contributed by atoms with Crippen LogP contribution >= 0.6 is 0 Å². The van der Waals surface area contributed by atoms with Gasteiger partial charge in [0.1, 0.15) is 11.5 Å². The first-order valence-corrected chi connectivity index (χ1v) is 5.38. The van der Waals surface area contributed by atoms with Gasteiger partial charge in [-0.05, 0) is 26.0 Å². The maximum absolute atomic E-state index is 11.9. The topological polar surface area (TPSA) is 85.1 Å². The number of aryl methyl sites for hydroxylation is 1. The third kappa shape index (κ3) is 2.17. The normalized spacial score (nSPS) is 10.6. The molecule has 0 unspecified atom stereocenters. The van der Waals surface area contributed by atoms with Crippen molar-refractivity contribution in [2.75, 3.05) is 0 Å². The van der Waals surface area contributed by atoms with E-state index in [-0.39, 0.29) is 17.9 Å². The highest BCUT2D eigenvalue weighted by Crippen LogP contribution is 2.06. The van der Waals surface area contributed by atoms with Crippen LogP contribution in [0.5, 0.6) is 0 Å². The lowest BCUT2D eigenvalue weighted by Gasteiger charge is -2.03. The molecule has 0 aromatic carbocycles. The van der Waals surface area contributed by atoms with Crippen LogP contribution in [0.3, 0.4) is 0 Å². The van der Waals surface area contributed by atoms with Crippen molar-refractivity contribution >= 4 is 5.78 Å². The average molecular weight is 248 g/mol. The number of carbonyl (C=O) groups is 1. The summed E-state index contributed by atoms with van der Waals surface area (Å²) in [5, 5.41) is 0. The van der Waals surface area contributed by atoms with Crippen molar-refractivity contribution in [2.45, 2.75) is 20.4 Å². The number of H-pyrrole nitrogens is 1. The molecule has 0 saturated carbocycles. The molecule has 2 aromatic rings. The van der Waals surface area contributed by atoms with Crippen molar-refractivity contribution in [3.63, 3.8) is 0 Å². The smallest absolute Gasteiger partial charge is 0.328 e. The number of nitrogens with one attached hydrogen (secondary N) is 1. The number of rotatable bonds is 3. The van der Waals surface area contributed by atoms with Crippen molar-refractivity contribution in [1.82, 2.24) is 9.55 Å². The summed E-state index contributed by atoms with van der Waals surface area (Å²) in [6.07, 6.45) is 1.14. The molecule has 2 rings (SSSR count). The molecule has 0 aliphatic heterocycles. The second-order valence-electron chi connectivity index (χ2n) is 3.97. The zero-order chi connectivity index (χ0) is 13.3. The summed E-state index contributed by atoms with van der Waals surface area (Å²) in [7, 11) is 0. The molecule has 18 heavy (non-hydrogen) atoms. The van der Waals surface area contributed by atoms with Crippen molar-refractivity contribution in [1.29, 1.82) is 0 Å². The molecule has 0 atom stereocenters. The highest BCUT2D eigenvalue weighted by Gasteiger charge is 2.12. The fraction of sp³-hybridized carbons (Fsp3) is 0.250. The summed E-state index contributed by atoms with van der Waals surface area (Å²) >= 11 is 0. The van der Waals surface area contributed by atoms with Crippen molar-refractivity contribution in [2.24, 2.45) is 0 Å². The van der Waals surface area contributed by atoms with Gasteiger partial charge in [0.05, 0.1) is 12.1 Å². The van der Waals surface area contributed by atoms with Crippen LogP contribution in [-0.4, -0.2) is 15.3 Å². The molecule has 6 nitrogen and oxygen atoms in total. The Morgan fingerprint density at radius 3 is 2.67 bits per heavy atom. The van der Waals surface area contributed by atoms with Gasteiger partial charge in [0.25, 0.3) is 5.56 Å². The van der Waals surface area contributed by atoms with E-state index in [0.717, 1.165) is 10.8 Å². The van der Waals surface area contributed by atoms with Gasteiger partial charge in [-0.1, -0.05) is 0 Å². The van der Waals surface area contributed by atoms with E-state index in [1.54, 1.807) is 19.1 Å². The van der Waals surface area contributed by atoms with E-state index >= 15 is 0 Å². The highest BCUT2D eigenvalue weighted by molar-refractivity contribution is 5.93. The number of aromatic amines is 1. The largest absolute Gasteiger partial charge is 0.464 e. The molecular formula is C12H12N2O4.